The van der Waals surface area contributed by atoms with Crippen molar-refractivity contribution in [3.8, 4) is 0 Å². The Morgan fingerprint density at radius 1 is 0.923 bits per heavy atom. The predicted octanol–water partition coefficient (Wildman–Crippen LogP) is 2.59. The van der Waals surface area contributed by atoms with E-state index in [1.54, 1.807) is 0 Å². The quantitative estimate of drug-likeness (QED) is 0.546. The van der Waals surface area contributed by atoms with Gasteiger partial charge in [0.25, 0.3) is 0 Å². The summed E-state index contributed by atoms with van der Waals surface area (Å²) in [6, 6.07) is 0. The van der Waals surface area contributed by atoms with Crippen LogP contribution in [-0.4, -0.2) is 17.4 Å². The summed E-state index contributed by atoms with van der Waals surface area (Å²) in [5.41, 5.74) is 0. The van der Waals surface area contributed by atoms with Crippen LogP contribution in [0.2, 0.25) is 0 Å². The lowest BCUT2D eigenvalue weighted by atomic mass is 10.3. The SMILES string of the molecule is CCCCCOS(=O)OCCCC. The largest absolute Gasteiger partial charge is 0.304 e. The van der Waals surface area contributed by atoms with Crippen LogP contribution in [0.1, 0.15) is 46.0 Å². The summed E-state index contributed by atoms with van der Waals surface area (Å²) in [4.78, 5) is 0. The van der Waals surface area contributed by atoms with Crippen LogP contribution < -0.4 is 0 Å². The second-order valence-corrected chi connectivity index (χ2v) is 3.79. The highest BCUT2D eigenvalue weighted by atomic mass is 32.2. The van der Waals surface area contributed by atoms with Crippen molar-refractivity contribution in [3.05, 3.63) is 0 Å². The van der Waals surface area contributed by atoms with E-state index in [2.05, 4.69) is 13.8 Å². The number of rotatable bonds is 9. The Labute approximate surface area is 83.7 Å². The molecule has 0 N–H and O–H groups in total. The van der Waals surface area contributed by atoms with Crippen molar-refractivity contribution < 1.29 is 12.6 Å². The molecule has 0 bridgehead atoms. The molecule has 1 atom stereocenters. The molecule has 0 aromatic rings. The topological polar surface area (TPSA) is 35.5 Å². The molecule has 0 amide bonds. The van der Waals surface area contributed by atoms with Gasteiger partial charge in [-0.15, -0.1) is 0 Å². The van der Waals surface area contributed by atoms with Gasteiger partial charge in [-0.05, 0) is 12.8 Å². The summed E-state index contributed by atoms with van der Waals surface area (Å²) < 4.78 is 20.8. The van der Waals surface area contributed by atoms with Crippen molar-refractivity contribution in [2.24, 2.45) is 0 Å². The van der Waals surface area contributed by atoms with Gasteiger partial charge in [0, 0.05) is 0 Å². The van der Waals surface area contributed by atoms with E-state index in [0.29, 0.717) is 13.2 Å². The van der Waals surface area contributed by atoms with Gasteiger partial charge >= 0.3 is 11.4 Å². The van der Waals surface area contributed by atoms with Gasteiger partial charge in [-0.25, -0.2) is 0 Å². The Hall–Kier alpha value is 0.0700. The molecule has 0 fully saturated rings. The third-order valence-corrected chi connectivity index (χ3v) is 2.32. The standard InChI is InChI=1S/C9H20O3S/c1-3-5-7-9-12-13(10)11-8-6-4-2/h3-9H2,1-2H3. The van der Waals surface area contributed by atoms with E-state index in [0.717, 1.165) is 32.1 Å². The van der Waals surface area contributed by atoms with E-state index in [1.165, 1.54) is 0 Å². The Bertz CT molecular complexity index is 128. The number of hydrogen-bond acceptors (Lipinski definition) is 3. The van der Waals surface area contributed by atoms with Crippen molar-refractivity contribution in [1.29, 1.82) is 0 Å². The van der Waals surface area contributed by atoms with Crippen LogP contribution in [-0.2, 0) is 19.7 Å². The second kappa shape index (κ2) is 10.2. The van der Waals surface area contributed by atoms with E-state index in [-0.39, 0.29) is 0 Å². The van der Waals surface area contributed by atoms with Gasteiger partial charge in [-0.1, -0.05) is 33.1 Å². The number of unbranched alkanes of at least 4 members (excludes halogenated alkanes) is 3. The van der Waals surface area contributed by atoms with E-state index < -0.39 is 11.4 Å². The highest BCUT2D eigenvalue weighted by molar-refractivity contribution is 7.75. The zero-order valence-electron chi connectivity index (χ0n) is 8.58. The lowest BCUT2D eigenvalue weighted by molar-refractivity contribution is 0.243. The van der Waals surface area contributed by atoms with Gasteiger partial charge in [-0.2, -0.15) is 4.21 Å². The summed E-state index contributed by atoms with van der Waals surface area (Å²) in [5, 5.41) is 0. The maximum atomic E-state index is 10.9. The minimum atomic E-state index is -1.52. The highest BCUT2D eigenvalue weighted by Crippen LogP contribution is 1.98. The third kappa shape index (κ3) is 9.99. The Balaban J connectivity index is 3.11. The molecule has 0 heterocycles. The summed E-state index contributed by atoms with van der Waals surface area (Å²) in [6.45, 7) is 5.24. The van der Waals surface area contributed by atoms with Crippen molar-refractivity contribution in [2.45, 2.75) is 46.0 Å². The van der Waals surface area contributed by atoms with Crippen molar-refractivity contribution in [1.82, 2.24) is 0 Å². The van der Waals surface area contributed by atoms with Gasteiger partial charge < -0.3 is 0 Å². The first kappa shape index (κ1) is 13.1. The van der Waals surface area contributed by atoms with E-state index in [4.69, 9.17) is 8.37 Å². The summed E-state index contributed by atoms with van der Waals surface area (Å²) in [5.74, 6) is 0. The summed E-state index contributed by atoms with van der Waals surface area (Å²) in [7, 11) is 0. The van der Waals surface area contributed by atoms with Gasteiger partial charge in [0.2, 0.25) is 0 Å². The molecule has 80 valence electrons. The Morgan fingerprint density at radius 2 is 1.46 bits per heavy atom. The molecular weight excluding hydrogens is 188 g/mol. The minimum Gasteiger partial charge on any atom is -0.268 e. The predicted molar refractivity (Wildman–Crippen MR) is 54.5 cm³/mol. The molecule has 0 rings (SSSR count). The van der Waals surface area contributed by atoms with Crippen molar-refractivity contribution >= 4 is 11.4 Å². The van der Waals surface area contributed by atoms with Crippen LogP contribution in [0.5, 0.6) is 0 Å². The molecular formula is C9H20O3S. The first-order valence-corrected chi connectivity index (χ1v) is 5.99. The molecule has 1 unspecified atom stereocenters. The average Bonchev–Trinajstić information content (AvgIpc) is 2.13. The highest BCUT2D eigenvalue weighted by Gasteiger charge is 1.99. The van der Waals surface area contributed by atoms with Crippen molar-refractivity contribution in [2.75, 3.05) is 13.2 Å². The molecule has 0 aromatic heterocycles. The fraction of sp³-hybridized carbons (Fsp3) is 1.00. The van der Waals surface area contributed by atoms with E-state index in [9.17, 15) is 4.21 Å². The molecule has 0 aliphatic rings. The first-order chi connectivity index (χ1) is 6.31. The average molecular weight is 208 g/mol. The zero-order valence-corrected chi connectivity index (χ0v) is 9.40. The summed E-state index contributed by atoms with van der Waals surface area (Å²) >= 11 is -1.52. The van der Waals surface area contributed by atoms with E-state index in [1.807, 2.05) is 0 Å². The molecule has 0 spiro atoms. The van der Waals surface area contributed by atoms with Gasteiger partial charge in [0.05, 0.1) is 13.2 Å². The molecule has 0 aromatic carbocycles. The summed E-state index contributed by atoms with van der Waals surface area (Å²) in [6.07, 6.45) is 5.20. The normalized spacial score (nSPS) is 13.1. The maximum Gasteiger partial charge on any atom is 0.304 e. The Kier molecular flexibility index (Phi) is 10.2. The second-order valence-electron chi connectivity index (χ2n) is 2.91. The molecule has 0 radical (unpaired) electrons. The van der Waals surface area contributed by atoms with Crippen molar-refractivity contribution in [3.63, 3.8) is 0 Å². The number of hydrogen-bond donors (Lipinski definition) is 0. The zero-order chi connectivity index (χ0) is 9.94. The lowest BCUT2D eigenvalue weighted by Crippen LogP contribution is -2.04. The molecule has 0 aliphatic carbocycles. The van der Waals surface area contributed by atoms with Gasteiger partial charge in [0.1, 0.15) is 0 Å². The monoisotopic (exact) mass is 208 g/mol. The molecule has 4 heteroatoms. The smallest absolute Gasteiger partial charge is 0.268 e. The lowest BCUT2D eigenvalue weighted by Gasteiger charge is -2.02. The minimum absolute atomic E-state index is 0.525. The van der Waals surface area contributed by atoms with Gasteiger partial charge in [0.15, 0.2) is 0 Å². The fourth-order valence-electron chi connectivity index (χ4n) is 0.784. The Morgan fingerprint density at radius 3 is 2.00 bits per heavy atom. The van der Waals surface area contributed by atoms with Crippen LogP contribution >= 0.6 is 0 Å². The maximum absolute atomic E-state index is 10.9. The fourth-order valence-corrected chi connectivity index (χ4v) is 1.36. The molecule has 0 saturated carbocycles. The molecule has 13 heavy (non-hydrogen) atoms. The van der Waals surface area contributed by atoms with Crippen LogP contribution in [0.25, 0.3) is 0 Å². The molecule has 0 aliphatic heterocycles. The molecule has 3 nitrogen and oxygen atoms in total. The van der Waals surface area contributed by atoms with Gasteiger partial charge in [-0.3, -0.25) is 8.37 Å². The van der Waals surface area contributed by atoms with E-state index >= 15 is 0 Å². The van der Waals surface area contributed by atoms with Crippen LogP contribution in [0.3, 0.4) is 0 Å². The first-order valence-electron chi connectivity index (χ1n) is 4.99. The van der Waals surface area contributed by atoms with Crippen LogP contribution in [0.4, 0.5) is 0 Å². The van der Waals surface area contributed by atoms with Crippen LogP contribution in [0, 0.1) is 0 Å². The van der Waals surface area contributed by atoms with Crippen LogP contribution in [0.15, 0.2) is 0 Å². The third-order valence-electron chi connectivity index (χ3n) is 1.60. The molecule has 0 saturated heterocycles.